The molecule has 1 saturated heterocycles. The van der Waals surface area contributed by atoms with Gasteiger partial charge in [-0.25, -0.2) is 0 Å². The number of rotatable bonds is 6. The summed E-state index contributed by atoms with van der Waals surface area (Å²) in [4.78, 5) is 36.5. The van der Waals surface area contributed by atoms with Gasteiger partial charge in [-0.2, -0.15) is 0 Å². The number of amides is 2. The monoisotopic (exact) mass is 361 g/mol. The van der Waals surface area contributed by atoms with Crippen LogP contribution in [0.2, 0.25) is 0 Å². The van der Waals surface area contributed by atoms with Crippen molar-refractivity contribution in [3.63, 3.8) is 0 Å². The second-order valence-corrected chi connectivity index (χ2v) is 5.74. The number of hydrogen-bond acceptors (Lipinski definition) is 7. The van der Waals surface area contributed by atoms with E-state index in [1.165, 1.54) is 20.3 Å². The summed E-state index contributed by atoms with van der Waals surface area (Å²) in [6, 6.07) is 5.00. The summed E-state index contributed by atoms with van der Waals surface area (Å²) in [5, 5.41) is -0.525. The summed E-state index contributed by atoms with van der Waals surface area (Å²) >= 11 is 0.753. The molecule has 2 rings (SSSR count). The molecule has 1 aromatic rings. The maximum atomic E-state index is 12.3. The predicted molar refractivity (Wildman–Crippen MR) is 92.0 cm³/mol. The van der Waals surface area contributed by atoms with Crippen molar-refractivity contribution in [2.45, 2.75) is 0 Å². The van der Waals surface area contributed by atoms with Gasteiger partial charge >= 0.3 is 5.97 Å². The molecule has 0 bridgehead atoms. The highest BCUT2D eigenvalue weighted by atomic mass is 32.2. The Bertz CT molecular complexity index is 780. The van der Waals surface area contributed by atoms with E-state index in [0.29, 0.717) is 17.1 Å². The molecule has 1 fully saturated rings. The minimum Gasteiger partial charge on any atom is -0.493 e. The number of benzene rings is 1. The number of nitrogens with zero attached hydrogens (tertiary/aromatic N) is 1. The number of methoxy groups -OCH3 is 2. The van der Waals surface area contributed by atoms with Crippen molar-refractivity contribution >= 4 is 35.0 Å². The molecule has 0 N–H and O–H groups in total. The first-order chi connectivity index (χ1) is 12.0. The highest BCUT2D eigenvalue weighted by molar-refractivity contribution is 8.18. The first-order valence-electron chi connectivity index (χ1n) is 7.06. The van der Waals surface area contributed by atoms with Gasteiger partial charge in [0, 0.05) is 0 Å². The van der Waals surface area contributed by atoms with Crippen LogP contribution in [0.3, 0.4) is 0 Å². The highest BCUT2D eigenvalue weighted by Gasteiger charge is 2.36. The molecule has 1 aliphatic rings. The van der Waals surface area contributed by atoms with Crippen LogP contribution in [-0.4, -0.2) is 49.4 Å². The highest BCUT2D eigenvalue weighted by Crippen LogP contribution is 2.34. The van der Waals surface area contributed by atoms with E-state index in [0.717, 1.165) is 16.7 Å². The van der Waals surface area contributed by atoms with Gasteiger partial charge in [0.15, 0.2) is 11.5 Å². The molecule has 1 aromatic carbocycles. The molecule has 0 unspecified atom stereocenters. The van der Waals surface area contributed by atoms with Gasteiger partial charge in [0.05, 0.1) is 19.1 Å². The lowest BCUT2D eigenvalue weighted by molar-refractivity contribution is -0.143. The molecular weight excluding hydrogens is 346 g/mol. The summed E-state index contributed by atoms with van der Waals surface area (Å²) in [7, 11) is 2.67. The van der Waals surface area contributed by atoms with Crippen molar-refractivity contribution in [1.82, 2.24) is 4.90 Å². The number of ether oxygens (including phenoxy) is 3. The van der Waals surface area contributed by atoms with Crippen LogP contribution in [0.1, 0.15) is 5.56 Å². The normalized spacial score (nSPS) is 15.2. The Labute approximate surface area is 148 Å². The fourth-order valence-electron chi connectivity index (χ4n) is 1.99. The second kappa shape index (κ2) is 8.26. The van der Waals surface area contributed by atoms with Crippen LogP contribution in [0.4, 0.5) is 4.79 Å². The molecule has 7 nitrogen and oxygen atoms in total. The van der Waals surface area contributed by atoms with Crippen LogP contribution in [0.5, 0.6) is 11.5 Å². The largest absolute Gasteiger partial charge is 0.493 e. The average molecular weight is 361 g/mol. The number of carbonyl (C=O) groups is 3. The summed E-state index contributed by atoms with van der Waals surface area (Å²) in [5.41, 5.74) is 0.633. The van der Waals surface area contributed by atoms with E-state index in [1.54, 1.807) is 18.2 Å². The third-order valence-corrected chi connectivity index (χ3v) is 4.09. The smallest absolute Gasteiger partial charge is 0.325 e. The molecule has 1 heterocycles. The Hall–Kier alpha value is -2.92. The van der Waals surface area contributed by atoms with Crippen molar-refractivity contribution in [3.05, 3.63) is 28.7 Å². The zero-order chi connectivity index (χ0) is 18.4. The van der Waals surface area contributed by atoms with Gasteiger partial charge in [-0.05, 0) is 35.5 Å². The molecule has 0 radical (unpaired) electrons. The molecule has 0 atom stereocenters. The lowest BCUT2D eigenvalue weighted by Crippen LogP contribution is -2.34. The number of esters is 1. The Kier molecular flexibility index (Phi) is 6.08. The number of thioether (sulfide) groups is 1. The third kappa shape index (κ3) is 4.33. The Morgan fingerprint density at radius 2 is 2.08 bits per heavy atom. The van der Waals surface area contributed by atoms with Crippen molar-refractivity contribution in [2.24, 2.45) is 0 Å². The van der Waals surface area contributed by atoms with Gasteiger partial charge < -0.3 is 14.2 Å². The fourth-order valence-corrected chi connectivity index (χ4v) is 2.83. The van der Waals surface area contributed by atoms with Gasteiger partial charge in [0.1, 0.15) is 13.2 Å². The van der Waals surface area contributed by atoms with Crippen LogP contribution in [0.15, 0.2) is 23.1 Å². The van der Waals surface area contributed by atoms with Crippen LogP contribution in [0, 0.1) is 12.3 Å². The van der Waals surface area contributed by atoms with Crippen molar-refractivity contribution in [2.75, 3.05) is 27.4 Å². The first-order valence-corrected chi connectivity index (χ1v) is 7.88. The SMILES string of the molecule is C#CCOc1ccc(/C=C2\SC(=O)N(CC(=O)OC)C2=O)cc1OC. The molecule has 25 heavy (non-hydrogen) atoms. The maximum Gasteiger partial charge on any atom is 0.325 e. The minimum absolute atomic E-state index is 0.0993. The van der Waals surface area contributed by atoms with E-state index in [-0.39, 0.29) is 11.5 Å². The summed E-state index contributed by atoms with van der Waals surface area (Å²) in [5.74, 6) is 2.05. The molecule has 1 aliphatic heterocycles. The Morgan fingerprint density at radius 1 is 1.32 bits per heavy atom. The Morgan fingerprint density at radius 3 is 2.72 bits per heavy atom. The molecule has 2 amide bonds. The van der Waals surface area contributed by atoms with E-state index in [4.69, 9.17) is 15.9 Å². The molecule has 130 valence electrons. The first kappa shape index (κ1) is 18.4. The third-order valence-electron chi connectivity index (χ3n) is 3.18. The van der Waals surface area contributed by atoms with E-state index in [2.05, 4.69) is 10.7 Å². The number of hydrogen-bond donors (Lipinski definition) is 0. The summed E-state index contributed by atoms with van der Waals surface area (Å²) < 4.78 is 15.1. The summed E-state index contributed by atoms with van der Waals surface area (Å²) in [6.45, 7) is -0.317. The Balaban J connectivity index is 2.23. The van der Waals surface area contributed by atoms with Gasteiger partial charge in [-0.3, -0.25) is 19.3 Å². The molecule has 0 aromatic heterocycles. The van der Waals surface area contributed by atoms with Crippen molar-refractivity contribution in [1.29, 1.82) is 0 Å². The minimum atomic E-state index is -0.666. The molecule has 0 saturated carbocycles. The van der Waals surface area contributed by atoms with E-state index in [9.17, 15) is 14.4 Å². The second-order valence-electron chi connectivity index (χ2n) is 4.75. The topological polar surface area (TPSA) is 82.1 Å². The van der Waals surface area contributed by atoms with Gasteiger partial charge in [-0.1, -0.05) is 12.0 Å². The number of imide groups is 1. The van der Waals surface area contributed by atoms with Crippen LogP contribution in [0.25, 0.3) is 6.08 Å². The van der Waals surface area contributed by atoms with Gasteiger partial charge in [0.25, 0.3) is 11.1 Å². The van der Waals surface area contributed by atoms with Gasteiger partial charge in [0.2, 0.25) is 0 Å². The zero-order valence-electron chi connectivity index (χ0n) is 13.6. The van der Waals surface area contributed by atoms with E-state index >= 15 is 0 Å². The molecule has 0 spiro atoms. The van der Waals surface area contributed by atoms with E-state index < -0.39 is 23.7 Å². The zero-order valence-corrected chi connectivity index (χ0v) is 14.4. The molecular formula is C17H15NO6S. The number of terminal acetylenes is 1. The van der Waals surface area contributed by atoms with Gasteiger partial charge in [-0.15, -0.1) is 6.42 Å². The summed E-state index contributed by atoms with van der Waals surface area (Å²) in [6.07, 6.45) is 6.69. The maximum absolute atomic E-state index is 12.3. The van der Waals surface area contributed by atoms with Crippen LogP contribution < -0.4 is 9.47 Å². The molecule has 0 aliphatic carbocycles. The van der Waals surface area contributed by atoms with Crippen molar-refractivity contribution in [3.8, 4) is 23.8 Å². The fraction of sp³-hybridized carbons (Fsp3) is 0.235. The quantitative estimate of drug-likeness (QED) is 0.435. The lowest BCUT2D eigenvalue weighted by atomic mass is 10.2. The predicted octanol–water partition coefficient (Wildman–Crippen LogP) is 1.92. The molecule has 8 heteroatoms. The van der Waals surface area contributed by atoms with Crippen LogP contribution in [-0.2, 0) is 14.3 Å². The van der Waals surface area contributed by atoms with Crippen LogP contribution >= 0.6 is 11.8 Å². The standard InChI is InChI=1S/C17H15NO6S/c1-4-7-24-12-6-5-11(8-13(12)22-2)9-14-16(20)18(17(21)25-14)10-15(19)23-3/h1,5-6,8-9H,7,10H2,2-3H3/b14-9-. The van der Waals surface area contributed by atoms with Crippen molar-refractivity contribution < 1.29 is 28.6 Å². The number of carbonyl (C=O) groups excluding carboxylic acids is 3. The average Bonchev–Trinajstić information content (AvgIpc) is 2.87. The van der Waals surface area contributed by atoms with E-state index in [1.807, 2.05) is 0 Å². The lowest BCUT2D eigenvalue weighted by Gasteiger charge is -2.10.